The maximum absolute atomic E-state index is 14.6. The number of fused-ring (bicyclic) bond motifs is 2. The topological polar surface area (TPSA) is 0 Å². The van der Waals surface area contributed by atoms with E-state index in [1.165, 1.54) is 12.1 Å². The van der Waals surface area contributed by atoms with Crippen molar-refractivity contribution >= 4 is 53.9 Å². The van der Waals surface area contributed by atoms with E-state index in [0.717, 1.165) is 88.2 Å². The zero-order chi connectivity index (χ0) is 31.1. The molecule has 0 saturated heterocycles. The molecule has 0 aliphatic heterocycles. The van der Waals surface area contributed by atoms with Gasteiger partial charge in [0.2, 0.25) is 0 Å². The van der Waals surface area contributed by atoms with Crippen molar-refractivity contribution in [1.29, 1.82) is 0 Å². The van der Waals surface area contributed by atoms with E-state index in [1.807, 2.05) is 60.7 Å². The molecule has 0 aromatic heterocycles. The molecule has 9 rings (SSSR count). The normalized spacial score (nSPS) is 11.9. The zero-order valence-corrected chi connectivity index (χ0v) is 24.2. The Hall–Kier alpha value is -5.74. The average Bonchev–Trinajstić information content (AvgIpc) is 3.08. The fraction of sp³-hybridized carbons (Fsp3) is 0. The first-order valence-corrected chi connectivity index (χ1v) is 15.0. The van der Waals surface area contributed by atoms with Crippen molar-refractivity contribution in [2.24, 2.45) is 0 Å². The molecule has 0 bridgehead atoms. The fourth-order valence-electron chi connectivity index (χ4n) is 7.33. The molecule has 0 heterocycles. The van der Waals surface area contributed by atoms with E-state index in [9.17, 15) is 17.6 Å². The van der Waals surface area contributed by atoms with E-state index in [2.05, 4.69) is 48.5 Å². The predicted octanol–water partition coefficient (Wildman–Crippen LogP) is 12.4. The minimum atomic E-state index is -1.48. The summed E-state index contributed by atoms with van der Waals surface area (Å²) >= 11 is 0. The zero-order valence-electron chi connectivity index (χ0n) is 24.2. The molecule has 0 radical (unpaired) electrons. The number of hydrogen-bond donors (Lipinski definition) is 0. The maximum atomic E-state index is 14.6. The summed E-state index contributed by atoms with van der Waals surface area (Å²) in [5.41, 5.74) is 4.94. The van der Waals surface area contributed by atoms with Gasteiger partial charge in [0.1, 0.15) is 5.82 Å². The molecule has 0 spiro atoms. The van der Waals surface area contributed by atoms with Crippen molar-refractivity contribution in [3.63, 3.8) is 0 Å². The van der Waals surface area contributed by atoms with Crippen molar-refractivity contribution in [3.8, 4) is 33.4 Å². The molecule has 0 amide bonds. The third-order valence-electron chi connectivity index (χ3n) is 9.29. The van der Waals surface area contributed by atoms with Crippen LogP contribution in [0.4, 0.5) is 17.6 Å². The SMILES string of the molecule is Fc1ccc(-c2ccc3ccc4c(-c5c6ccccc6c(-c6cc(F)c(F)c(F)c6)c6ccccc56)ccc5ccc2c3c54)cc1. The van der Waals surface area contributed by atoms with Gasteiger partial charge >= 0.3 is 0 Å². The second-order valence-electron chi connectivity index (χ2n) is 11.8. The first kappa shape index (κ1) is 26.6. The highest BCUT2D eigenvalue weighted by molar-refractivity contribution is 6.30. The predicted molar refractivity (Wildman–Crippen MR) is 181 cm³/mol. The number of hydrogen-bond acceptors (Lipinski definition) is 0. The molecule has 0 aliphatic rings. The Labute approximate surface area is 261 Å². The van der Waals surface area contributed by atoms with E-state index in [0.29, 0.717) is 5.56 Å². The number of benzene rings is 9. The third kappa shape index (κ3) is 3.80. The second kappa shape index (κ2) is 9.88. The Morgan fingerprint density at radius 2 is 0.804 bits per heavy atom. The Balaban J connectivity index is 1.40. The lowest BCUT2D eigenvalue weighted by Gasteiger charge is -2.20. The smallest absolute Gasteiger partial charge is 0.194 e. The molecular formula is C42H22F4. The van der Waals surface area contributed by atoms with Crippen molar-refractivity contribution in [1.82, 2.24) is 0 Å². The van der Waals surface area contributed by atoms with Crippen LogP contribution in [0.2, 0.25) is 0 Å². The van der Waals surface area contributed by atoms with E-state index < -0.39 is 17.5 Å². The first-order valence-electron chi connectivity index (χ1n) is 15.0. The quantitative estimate of drug-likeness (QED) is 0.0817. The van der Waals surface area contributed by atoms with Gasteiger partial charge in [-0.2, -0.15) is 0 Å². The molecular weight excluding hydrogens is 580 g/mol. The van der Waals surface area contributed by atoms with Crippen LogP contribution in [0.1, 0.15) is 0 Å². The molecule has 0 aliphatic carbocycles. The average molecular weight is 603 g/mol. The molecule has 0 saturated carbocycles. The van der Waals surface area contributed by atoms with E-state index in [1.54, 1.807) is 0 Å². The minimum Gasteiger partial charge on any atom is -0.207 e. The van der Waals surface area contributed by atoms with Crippen LogP contribution < -0.4 is 0 Å². The van der Waals surface area contributed by atoms with Crippen LogP contribution in [-0.2, 0) is 0 Å². The summed E-state index contributed by atoms with van der Waals surface area (Å²) in [4.78, 5) is 0. The van der Waals surface area contributed by atoms with Crippen LogP contribution in [0.3, 0.4) is 0 Å². The highest BCUT2D eigenvalue weighted by atomic mass is 19.2. The van der Waals surface area contributed by atoms with Crippen molar-refractivity contribution in [2.45, 2.75) is 0 Å². The Morgan fingerprint density at radius 1 is 0.348 bits per heavy atom. The lowest BCUT2D eigenvalue weighted by molar-refractivity contribution is 0.448. The summed E-state index contributed by atoms with van der Waals surface area (Å²) in [7, 11) is 0. The standard InChI is InChI=1S/C42H22F4/c43-27-15-9-23(10-16-27)28-17-11-24-13-19-34-35(20-14-25-12-18-33(28)39(24)40(25)34)41-31-7-3-1-5-29(31)38(30-6-2-4-8-32(30)41)26-21-36(44)42(46)37(45)22-26/h1-22H. The lowest BCUT2D eigenvalue weighted by atomic mass is 9.83. The molecule has 0 nitrogen and oxygen atoms in total. The van der Waals surface area contributed by atoms with E-state index >= 15 is 0 Å². The maximum Gasteiger partial charge on any atom is 0.194 e. The summed E-state index contributed by atoms with van der Waals surface area (Å²) in [6.45, 7) is 0. The van der Waals surface area contributed by atoms with Crippen LogP contribution >= 0.6 is 0 Å². The largest absolute Gasteiger partial charge is 0.207 e. The third-order valence-corrected chi connectivity index (χ3v) is 9.29. The highest BCUT2D eigenvalue weighted by Crippen LogP contribution is 2.48. The van der Waals surface area contributed by atoms with Crippen LogP contribution in [0.25, 0.3) is 87.2 Å². The molecule has 0 fully saturated rings. The summed E-state index contributed by atoms with van der Waals surface area (Å²) in [6, 6.07) is 41.5. The van der Waals surface area contributed by atoms with E-state index in [4.69, 9.17) is 0 Å². The summed E-state index contributed by atoms with van der Waals surface area (Å²) in [5.74, 6) is -4.20. The van der Waals surface area contributed by atoms with Crippen LogP contribution in [0.15, 0.2) is 133 Å². The van der Waals surface area contributed by atoms with Gasteiger partial charge in [-0.25, -0.2) is 17.6 Å². The van der Waals surface area contributed by atoms with Crippen molar-refractivity contribution < 1.29 is 17.6 Å². The molecule has 46 heavy (non-hydrogen) atoms. The Bertz CT molecular complexity index is 2590. The molecule has 0 N–H and O–H groups in total. The van der Waals surface area contributed by atoms with Gasteiger partial charge in [0.25, 0.3) is 0 Å². The summed E-state index contributed by atoms with van der Waals surface area (Å²) in [5, 5.41) is 10.1. The molecule has 4 heteroatoms. The molecule has 0 atom stereocenters. The van der Waals surface area contributed by atoms with Gasteiger partial charge in [-0.1, -0.05) is 109 Å². The lowest BCUT2D eigenvalue weighted by Crippen LogP contribution is -1.95. The van der Waals surface area contributed by atoms with Crippen LogP contribution in [0.5, 0.6) is 0 Å². The Kier molecular flexibility index (Phi) is 5.72. The highest BCUT2D eigenvalue weighted by Gasteiger charge is 2.21. The molecule has 9 aromatic carbocycles. The first-order chi connectivity index (χ1) is 22.5. The van der Waals surface area contributed by atoms with Gasteiger partial charge in [0, 0.05) is 0 Å². The van der Waals surface area contributed by atoms with Crippen LogP contribution in [-0.4, -0.2) is 0 Å². The molecule has 218 valence electrons. The van der Waals surface area contributed by atoms with Gasteiger partial charge in [-0.05, 0) is 112 Å². The van der Waals surface area contributed by atoms with Crippen molar-refractivity contribution in [3.05, 3.63) is 157 Å². The monoisotopic (exact) mass is 602 g/mol. The van der Waals surface area contributed by atoms with Gasteiger partial charge in [0.15, 0.2) is 17.5 Å². The minimum absolute atomic E-state index is 0.272. The Morgan fingerprint density at radius 3 is 1.35 bits per heavy atom. The van der Waals surface area contributed by atoms with Gasteiger partial charge < -0.3 is 0 Å². The van der Waals surface area contributed by atoms with E-state index in [-0.39, 0.29) is 11.4 Å². The summed E-state index contributed by atoms with van der Waals surface area (Å²) < 4.78 is 57.0. The van der Waals surface area contributed by atoms with Crippen molar-refractivity contribution in [2.75, 3.05) is 0 Å². The number of rotatable bonds is 3. The second-order valence-corrected chi connectivity index (χ2v) is 11.8. The van der Waals surface area contributed by atoms with Gasteiger partial charge in [0.05, 0.1) is 0 Å². The van der Waals surface area contributed by atoms with Crippen LogP contribution in [0, 0.1) is 23.3 Å². The summed E-state index contributed by atoms with van der Waals surface area (Å²) in [6.07, 6.45) is 0. The van der Waals surface area contributed by atoms with Gasteiger partial charge in [-0.15, -0.1) is 0 Å². The molecule has 9 aromatic rings. The fourth-order valence-corrected chi connectivity index (χ4v) is 7.33. The van der Waals surface area contributed by atoms with Gasteiger partial charge in [-0.3, -0.25) is 0 Å². The number of halogens is 4. The molecule has 0 unspecified atom stereocenters.